The Kier molecular flexibility index (Phi) is 5.74. The first-order valence-corrected chi connectivity index (χ1v) is 12.4. The van der Waals surface area contributed by atoms with Crippen molar-refractivity contribution in [2.24, 2.45) is 5.92 Å². The van der Waals surface area contributed by atoms with E-state index in [1.807, 2.05) is 25.7 Å². The molecule has 2 unspecified atom stereocenters. The zero-order chi connectivity index (χ0) is 25.2. The number of aromatic nitrogens is 1. The summed E-state index contributed by atoms with van der Waals surface area (Å²) in [6, 6.07) is 0.998. The second-order valence-corrected chi connectivity index (χ2v) is 11.2. The second-order valence-electron chi connectivity index (χ2n) is 10.8. The quantitative estimate of drug-likeness (QED) is 0.652. The highest BCUT2D eigenvalue weighted by Crippen LogP contribution is 2.44. The molecule has 3 heterocycles. The van der Waals surface area contributed by atoms with Crippen LogP contribution in [0.1, 0.15) is 62.9 Å². The van der Waals surface area contributed by atoms with Crippen LogP contribution in [-0.2, 0) is 4.74 Å². The third-order valence-electron chi connectivity index (χ3n) is 7.08. The molecule has 1 aromatic heterocycles. The van der Waals surface area contributed by atoms with Crippen molar-refractivity contribution >= 4 is 40.3 Å². The highest BCUT2D eigenvalue weighted by molar-refractivity contribution is 6.38. The molecule has 1 N–H and O–H groups in total. The normalized spacial score (nSPS) is 22.4. The molecule has 35 heavy (non-hydrogen) atoms. The van der Waals surface area contributed by atoms with E-state index >= 15 is 4.39 Å². The first kappa shape index (κ1) is 23.9. The van der Waals surface area contributed by atoms with Gasteiger partial charge in [-0.1, -0.05) is 11.6 Å². The molecular weight excluding hydrogens is 477 g/mol. The van der Waals surface area contributed by atoms with Crippen LogP contribution in [-0.4, -0.2) is 57.9 Å². The number of anilines is 1. The summed E-state index contributed by atoms with van der Waals surface area (Å²) >= 11 is 6.80. The van der Waals surface area contributed by atoms with Crippen molar-refractivity contribution < 1.29 is 23.8 Å². The highest BCUT2D eigenvalue weighted by atomic mass is 35.5. The number of rotatable bonds is 3. The average molecular weight is 506 g/mol. The lowest BCUT2D eigenvalue weighted by atomic mass is 9.92. The predicted molar refractivity (Wildman–Crippen MR) is 130 cm³/mol. The third kappa shape index (κ3) is 4.24. The van der Waals surface area contributed by atoms with Gasteiger partial charge in [0.25, 0.3) is 0 Å². The Morgan fingerprint density at radius 1 is 1.20 bits per heavy atom. The van der Waals surface area contributed by atoms with Gasteiger partial charge in [0.2, 0.25) is 5.43 Å². The number of carbonyl (C=O) groups is 2. The van der Waals surface area contributed by atoms with Crippen LogP contribution in [0.4, 0.5) is 14.9 Å². The summed E-state index contributed by atoms with van der Waals surface area (Å²) in [6.45, 7) is 6.98. The molecule has 2 saturated heterocycles. The van der Waals surface area contributed by atoms with Crippen LogP contribution in [0.15, 0.2) is 17.1 Å². The molecule has 2 aliphatic heterocycles. The highest BCUT2D eigenvalue weighted by Gasteiger charge is 2.44. The molecule has 1 amide bonds. The zero-order valence-corrected chi connectivity index (χ0v) is 20.8. The Hall–Kier alpha value is -2.81. The summed E-state index contributed by atoms with van der Waals surface area (Å²) in [5.41, 5.74) is -1.21. The van der Waals surface area contributed by atoms with E-state index in [4.69, 9.17) is 16.3 Å². The van der Waals surface area contributed by atoms with Crippen LogP contribution in [0, 0.1) is 11.7 Å². The Morgan fingerprint density at radius 3 is 2.54 bits per heavy atom. The lowest BCUT2D eigenvalue weighted by molar-refractivity contribution is 0.00668. The first-order valence-electron chi connectivity index (χ1n) is 12.0. The summed E-state index contributed by atoms with van der Waals surface area (Å²) in [7, 11) is 0. The number of benzene rings is 1. The zero-order valence-electron chi connectivity index (χ0n) is 20.0. The lowest BCUT2D eigenvalue weighted by Gasteiger charge is -2.37. The van der Waals surface area contributed by atoms with E-state index in [-0.39, 0.29) is 40.2 Å². The number of nitrogens with zero attached hydrogens (tertiary/aromatic N) is 3. The molecule has 1 aliphatic carbocycles. The molecule has 0 spiro atoms. The topological polar surface area (TPSA) is 92.1 Å². The van der Waals surface area contributed by atoms with E-state index in [1.165, 1.54) is 6.20 Å². The van der Waals surface area contributed by atoms with E-state index < -0.39 is 28.4 Å². The number of carboxylic acid groups (broad SMARTS) is 1. The van der Waals surface area contributed by atoms with Crippen molar-refractivity contribution in [1.29, 1.82) is 0 Å². The molecule has 0 radical (unpaired) electrons. The fourth-order valence-corrected chi connectivity index (χ4v) is 5.83. The molecule has 1 aromatic carbocycles. The van der Waals surface area contributed by atoms with Crippen LogP contribution < -0.4 is 10.3 Å². The van der Waals surface area contributed by atoms with Gasteiger partial charge in [0, 0.05) is 31.9 Å². The van der Waals surface area contributed by atoms with Crippen molar-refractivity contribution in [3.05, 3.63) is 38.9 Å². The molecule has 3 fully saturated rings. The molecule has 10 heteroatoms. The van der Waals surface area contributed by atoms with Crippen LogP contribution in [0.2, 0.25) is 5.02 Å². The molecular formula is C25H29ClFN3O5. The Morgan fingerprint density at radius 2 is 1.91 bits per heavy atom. The van der Waals surface area contributed by atoms with Crippen molar-refractivity contribution in [1.82, 2.24) is 9.47 Å². The predicted octanol–water partition coefficient (Wildman–Crippen LogP) is 4.66. The molecule has 3 aliphatic rings. The number of pyridine rings is 1. The van der Waals surface area contributed by atoms with E-state index in [2.05, 4.69) is 0 Å². The maximum Gasteiger partial charge on any atom is 0.410 e. The Labute approximate surface area is 207 Å². The Bertz CT molecular complexity index is 1280. The molecule has 1 saturated carbocycles. The number of hydrogen-bond donors (Lipinski definition) is 1. The van der Waals surface area contributed by atoms with Crippen molar-refractivity contribution in [3.8, 4) is 0 Å². The van der Waals surface area contributed by atoms with E-state index in [0.717, 1.165) is 31.7 Å². The summed E-state index contributed by atoms with van der Waals surface area (Å²) in [5.74, 6) is -1.88. The van der Waals surface area contributed by atoms with Gasteiger partial charge in [-0.3, -0.25) is 4.79 Å². The molecule has 188 valence electrons. The number of fused-ring (bicyclic) bond motifs is 2. The number of carbonyl (C=O) groups excluding carboxylic acids is 1. The SMILES string of the molecule is CC(C)(C)OC(=O)N1CCCC2CN(c3c(F)cc4c(=O)c(C(=O)O)cn(C5CC5)c4c3Cl)CC21. The molecule has 2 atom stereocenters. The number of aromatic carboxylic acids is 1. The minimum Gasteiger partial charge on any atom is -0.477 e. The van der Waals surface area contributed by atoms with Gasteiger partial charge in [-0.25, -0.2) is 14.0 Å². The monoisotopic (exact) mass is 505 g/mol. The number of piperidine rings is 1. The largest absolute Gasteiger partial charge is 0.477 e. The van der Waals surface area contributed by atoms with Crippen LogP contribution >= 0.6 is 11.6 Å². The molecule has 5 rings (SSSR count). The molecule has 2 aromatic rings. The van der Waals surface area contributed by atoms with Crippen molar-refractivity contribution in [3.63, 3.8) is 0 Å². The van der Waals surface area contributed by atoms with Gasteiger partial charge < -0.3 is 24.2 Å². The van der Waals surface area contributed by atoms with Crippen LogP contribution in [0.25, 0.3) is 10.9 Å². The Balaban J connectivity index is 1.55. The summed E-state index contributed by atoms with van der Waals surface area (Å²) in [6.07, 6.45) is 4.36. The number of amides is 1. The summed E-state index contributed by atoms with van der Waals surface area (Å²) in [5, 5.41) is 9.55. The van der Waals surface area contributed by atoms with Crippen molar-refractivity contribution in [2.75, 3.05) is 24.5 Å². The van der Waals surface area contributed by atoms with Crippen LogP contribution in [0.5, 0.6) is 0 Å². The number of hydrogen-bond acceptors (Lipinski definition) is 5. The second kappa shape index (κ2) is 8.40. The van der Waals surface area contributed by atoms with E-state index in [9.17, 15) is 19.5 Å². The van der Waals surface area contributed by atoms with E-state index in [1.54, 1.807) is 9.47 Å². The third-order valence-corrected chi connectivity index (χ3v) is 7.44. The van der Waals surface area contributed by atoms with Gasteiger partial charge in [-0.2, -0.15) is 0 Å². The maximum absolute atomic E-state index is 15.5. The summed E-state index contributed by atoms with van der Waals surface area (Å²) < 4.78 is 22.8. The fourth-order valence-electron chi connectivity index (χ4n) is 5.42. The number of halogens is 2. The van der Waals surface area contributed by atoms with E-state index in [0.29, 0.717) is 25.2 Å². The van der Waals surface area contributed by atoms with Crippen molar-refractivity contribution in [2.45, 2.75) is 64.1 Å². The molecule has 8 nitrogen and oxygen atoms in total. The number of likely N-dealkylation sites (tertiary alicyclic amines) is 1. The van der Waals surface area contributed by atoms with Gasteiger partial charge in [0.05, 0.1) is 27.7 Å². The number of carboxylic acids is 1. The number of ether oxygens (including phenoxy) is 1. The summed E-state index contributed by atoms with van der Waals surface area (Å²) in [4.78, 5) is 40.9. The van der Waals surface area contributed by atoms with Gasteiger partial charge in [0.15, 0.2) is 0 Å². The minimum absolute atomic E-state index is 0.0239. The molecule has 0 bridgehead atoms. The van der Waals surface area contributed by atoms with Gasteiger partial charge >= 0.3 is 12.1 Å². The first-order chi connectivity index (χ1) is 16.5. The standard InChI is InChI=1S/C25H29ClFN3O5/c1-25(2,3)35-24(34)29-8-4-5-13-10-28(12-18(13)29)21-17(27)9-15-20(19(21)26)30(14-6-7-14)11-16(22(15)31)23(32)33/h9,11,13-14,18H,4-8,10,12H2,1-3H3,(H,32,33). The smallest absolute Gasteiger partial charge is 0.410 e. The van der Waals surface area contributed by atoms with Gasteiger partial charge in [-0.15, -0.1) is 0 Å². The van der Waals surface area contributed by atoms with Crippen LogP contribution in [0.3, 0.4) is 0 Å². The fraction of sp³-hybridized carbons (Fsp3) is 0.560. The van der Waals surface area contributed by atoms with Gasteiger partial charge in [-0.05, 0) is 58.4 Å². The lowest BCUT2D eigenvalue weighted by Crippen LogP contribution is -2.50. The van der Waals surface area contributed by atoms with Gasteiger partial charge in [0.1, 0.15) is 17.0 Å². The minimum atomic E-state index is -1.35. The average Bonchev–Trinajstić information content (AvgIpc) is 3.51. The maximum atomic E-state index is 15.5.